The summed E-state index contributed by atoms with van der Waals surface area (Å²) in [4.78, 5) is 26.0. The number of nitrogens with zero attached hydrogens (tertiary/aromatic N) is 1. The van der Waals surface area contributed by atoms with E-state index in [2.05, 4.69) is 15.9 Å². The third-order valence-corrected chi connectivity index (χ3v) is 5.64. The normalized spacial score (nSPS) is 17.4. The second-order valence-corrected chi connectivity index (χ2v) is 8.74. The minimum atomic E-state index is -0.535. The highest BCUT2D eigenvalue weighted by molar-refractivity contribution is 9.10. The van der Waals surface area contributed by atoms with E-state index in [-0.39, 0.29) is 23.7 Å². The summed E-state index contributed by atoms with van der Waals surface area (Å²) in [6, 6.07) is 3.68. The lowest BCUT2D eigenvalue weighted by Gasteiger charge is -2.26. The highest BCUT2D eigenvalue weighted by atomic mass is 79.9. The summed E-state index contributed by atoms with van der Waals surface area (Å²) in [5.74, 6) is 1.27. The Balaban J connectivity index is 2.18. The van der Waals surface area contributed by atoms with Gasteiger partial charge in [0, 0.05) is 16.6 Å². The number of rotatable bonds is 6. The van der Waals surface area contributed by atoms with Crippen molar-refractivity contribution in [3.8, 4) is 11.5 Å². The number of carbonyl (C=O) groups is 2. The maximum Gasteiger partial charge on any atom is 0.308 e. The standard InChI is InChI=1S/C18H24BrNO5S/c1-18(2,3)25-16(22)6-7-20-15(21)10-26-17(20)11-8-13(23-4)14(24-5)9-12(11)19/h8-9,17H,6-7,10H2,1-5H3. The van der Waals surface area contributed by atoms with Gasteiger partial charge in [-0.3, -0.25) is 9.59 Å². The first-order chi connectivity index (χ1) is 12.2. The Kier molecular flexibility index (Phi) is 6.85. The molecule has 0 radical (unpaired) electrons. The van der Waals surface area contributed by atoms with Gasteiger partial charge in [-0.15, -0.1) is 11.8 Å². The van der Waals surface area contributed by atoms with Crippen LogP contribution in [0.25, 0.3) is 0 Å². The van der Waals surface area contributed by atoms with Gasteiger partial charge in [-0.05, 0) is 32.9 Å². The van der Waals surface area contributed by atoms with Crippen LogP contribution in [0.15, 0.2) is 16.6 Å². The molecule has 1 unspecified atom stereocenters. The van der Waals surface area contributed by atoms with Gasteiger partial charge in [0.1, 0.15) is 11.0 Å². The van der Waals surface area contributed by atoms with Crippen LogP contribution in [0.4, 0.5) is 0 Å². The summed E-state index contributed by atoms with van der Waals surface area (Å²) in [5.41, 5.74) is 0.370. The fourth-order valence-corrected chi connectivity index (χ4v) is 4.55. The van der Waals surface area contributed by atoms with Gasteiger partial charge >= 0.3 is 5.97 Å². The van der Waals surface area contributed by atoms with Gasteiger partial charge in [-0.1, -0.05) is 15.9 Å². The van der Waals surface area contributed by atoms with E-state index < -0.39 is 5.60 Å². The average Bonchev–Trinajstić information content (AvgIpc) is 2.91. The number of amides is 1. The molecule has 1 aliphatic heterocycles. The molecule has 144 valence electrons. The van der Waals surface area contributed by atoms with E-state index in [9.17, 15) is 9.59 Å². The van der Waals surface area contributed by atoms with Gasteiger partial charge in [0.15, 0.2) is 11.5 Å². The van der Waals surface area contributed by atoms with Gasteiger partial charge in [0.2, 0.25) is 5.91 Å². The molecule has 1 aromatic carbocycles. The maximum absolute atomic E-state index is 12.3. The average molecular weight is 446 g/mol. The predicted molar refractivity (Wildman–Crippen MR) is 105 cm³/mol. The van der Waals surface area contributed by atoms with Gasteiger partial charge in [-0.2, -0.15) is 0 Å². The lowest BCUT2D eigenvalue weighted by molar-refractivity contribution is -0.155. The van der Waals surface area contributed by atoms with Crippen LogP contribution in [0.1, 0.15) is 38.1 Å². The van der Waals surface area contributed by atoms with Crippen LogP contribution in [0.2, 0.25) is 0 Å². The molecule has 6 nitrogen and oxygen atoms in total. The lowest BCUT2D eigenvalue weighted by atomic mass is 10.1. The van der Waals surface area contributed by atoms with Gasteiger partial charge in [-0.25, -0.2) is 0 Å². The monoisotopic (exact) mass is 445 g/mol. The van der Waals surface area contributed by atoms with Crippen molar-refractivity contribution < 1.29 is 23.8 Å². The number of ether oxygens (including phenoxy) is 3. The lowest BCUT2D eigenvalue weighted by Crippen LogP contribution is -2.32. The van der Waals surface area contributed by atoms with Crippen LogP contribution in [-0.2, 0) is 14.3 Å². The van der Waals surface area contributed by atoms with Gasteiger partial charge < -0.3 is 19.1 Å². The number of hydrogen-bond acceptors (Lipinski definition) is 6. The molecule has 26 heavy (non-hydrogen) atoms. The van der Waals surface area contributed by atoms with Crippen molar-refractivity contribution in [1.29, 1.82) is 0 Å². The Morgan fingerprint density at radius 3 is 2.46 bits per heavy atom. The van der Waals surface area contributed by atoms with E-state index in [0.29, 0.717) is 23.8 Å². The van der Waals surface area contributed by atoms with Crippen LogP contribution in [0.5, 0.6) is 11.5 Å². The first-order valence-electron chi connectivity index (χ1n) is 8.20. The quantitative estimate of drug-likeness (QED) is 0.620. The maximum atomic E-state index is 12.3. The molecule has 0 saturated carbocycles. The Hall–Kier alpha value is -1.41. The van der Waals surface area contributed by atoms with Gasteiger partial charge in [0.05, 0.1) is 26.4 Å². The molecule has 1 amide bonds. The SMILES string of the molecule is COc1cc(Br)c(C2SCC(=O)N2CCC(=O)OC(C)(C)C)cc1OC. The van der Waals surface area contributed by atoms with E-state index >= 15 is 0 Å². The van der Waals surface area contributed by atoms with E-state index in [1.54, 1.807) is 19.1 Å². The summed E-state index contributed by atoms with van der Waals surface area (Å²) >= 11 is 5.07. The zero-order chi connectivity index (χ0) is 19.5. The van der Waals surface area contributed by atoms with Gasteiger partial charge in [0.25, 0.3) is 0 Å². The fourth-order valence-electron chi connectivity index (χ4n) is 2.62. The number of carbonyl (C=O) groups excluding carboxylic acids is 2. The first-order valence-corrected chi connectivity index (χ1v) is 10.0. The second-order valence-electron chi connectivity index (χ2n) is 6.82. The third kappa shape index (κ3) is 5.07. The van der Waals surface area contributed by atoms with Crippen molar-refractivity contribution in [3.63, 3.8) is 0 Å². The molecule has 2 rings (SSSR count). The molecule has 8 heteroatoms. The Morgan fingerprint density at radius 2 is 1.88 bits per heavy atom. The van der Waals surface area contributed by atoms with E-state index in [0.717, 1.165) is 10.0 Å². The van der Waals surface area contributed by atoms with E-state index in [1.165, 1.54) is 11.8 Å². The molecule has 1 aliphatic rings. The molecular weight excluding hydrogens is 422 g/mol. The largest absolute Gasteiger partial charge is 0.493 e. The zero-order valence-corrected chi connectivity index (χ0v) is 18.0. The first kappa shape index (κ1) is 20.9. The minimum absolute atomic E-state index is 0.00486. The van der Waals surface area contributed by atoms with Crippen molar-refractivity contribution in [2.24, 2.45) is 0 Å². The van der Waals surface area contributed by atoms with Crippen LogP contribution < -0.4 is 9.47 Å². The Morgan fingerprint density at radius 1 is 1.27 bits per heavy atom. The molecule has 0 N–H and O–H groups in total. The van der Waals surface area contributed by atoms with Crippen molar-refractivity contribution >= 4 is 39.6 Å². The van der Waals surface area contributed by atoms with Crippen LogP contribution >= 0.6 is 27.7 Å². The van der Waals surface area contributed by atoms with E-state index in [1.807, 2.05) is 32.9 Å². The zero-order valence-electron chi connectivity index (χ0n) is 15.6. The summed E-state index contributed by atoms with van der Waals surface area (Å²) in [7, 11) is 3.15. The van der Waals surface area contributed by atoms with Crippen molar-refractivity contribution in [1.82, 2.24) is 4.90 Å². The number of halogens is 1. The summed E-state index contributed by atoms with van der Waals surface area (Å²) in [6.45, 7) is 5.79. The molecule has 1 saturated heterocycles. The van der Waals surface area contributed by atoms with Crippen molar-refractivity contribution in [2.75, 3.05) is 26.5 Å². The summed E-state index contributed by atoms with van der Waals surface area (Å²) < 4.78 is 16.8. The molecule has 1 atom stereocenters. The number of thioether (sulfide) groups is 1. The third-order valence-electron chi connectivity index (χ3n) is 3.71. The molecule has 1 aromatic rings. The molecule has 1 heterocycles. The van der Waals surface area contributed by atoms with E-state index in [4.69, 9.17) is 14.2 Å². The Bertz CT molecular complexity index is 689. The minimum Gasteiger partial charge on any atom is -0.493 e. The molecule has 1 fully saturated rings. The fraction of sp³-hybridized carbons (Fsp3) is 0.556. The summed E-state index contributed by atoms with van der Waals surface area (Å²) in [5, 5.41) is -0.195. The van der Waals surface area contributed by atoms with Crippen LogP contribution in [0.3, 0.4) is 0 Å². The summed E-state index contributed by atoms with van der Waals surface area (Å²) in [6.07, 6.45) is 0.158. The number of methoxy groups -OCH3 is 2. The van der Waals surface area contributed by atoms with Crippen molar-refractivity contribution in [3.05, 3.63) is 22.2 Å². The topological polar surface area (TPSA) is 65.1 Å². The molecular formula is C18H24BrNO5S. The second kappa shape index (κ2) is 8.52. The molecule has 0 bridgehead atoms. The van der Waals surface area contributed by atoms with Crippen molar-refractivity contribution in [2.45, 2.75) is 38.2 Å². The number of hydrogen-bond donors (Lipinski definition) is 0. The Labute approximate surface area is 166 Å². The molecule has 0 spiro atoms. The number of esters is 1. The van der Waals surface area contributed by atoms with Crippen LogP contribution in [0, 0.1) is 0 Å². The highest BCUT2D eigenvalue weighted by Gasteiger charge is 2.35. The molecule has 0 aliphatic carbocycles. The smallest absolute Gasteiger partial charge is 0.308 e. The highest BCUT2D eigenvalue weighted by Crippen LogP contribution is 2.45. The molecule has 0 aromatic heterocycles. The predicted octanol–water partition coefficient (Wildman–Crippen LogP) is 3.77. The number of benzene rings is 1. The van der Waals surface area contributed by atoms with Crippen LogP contribution in [-0.4, -0.2) is 48.9 Å².